The van der Waals surface area contributed by atoms with Gasteiger partial charge in [0.1, 0.15) is 11.5 Å². The monoisotopic (exact) mass is 240 g/mol. The lowest BCUT2D eigenvalue weighted by molar-refractivity contribution is -0.130. The fraction of sp³-hybridized carbons (Fsp3) is 0.462. The molecule has 1 saturated carbocycles. The predicted molar refractivity (Wildman–Crippen MR) is 59.5 cm³/mol. The van der Waals surface area contributed by atoms with Crippen LogP contribution >= 0.6 is 0 Å². The normalized spacial score (nSPS) is 23.5. The largest absolute Gasteiger partial charge is 0.497 e. The van der Waals surface area contributed by atoms with Gasteiger partial charge in [0.2, 0.25) is 5.92 Å². The van der Waals surface area contributed by atoms with Crippen LogP contribution < -0.4 is 4.74 Å². The van der Waals surface area contributed by atoms with E-state index in [0.29, 0.717) is 11.3 Å². The average Bonchev–Trinajstić information content (AvgIpc) is 2.33. The van der Waals surface area contributed by atoms with Gasteiger partial charge in [-0.3, -0.25) is 4.79 Å². The highest BCUT2D eigenvalue weighted by atomic mass is 19.3. The van der Waals surface area contributed by atoms with Crippen molar-refractivity contribution in [2.45, 2.75) is 31.1 Å². The highest BCUT2D eigenvalue weighted by molar-refractivity contribution is 5.86. The second-order valence-corrected chi connectivity index (χ2v) is 4.35. The molecule has 1 aromatic rings. The summed E-state index contributed by atoms with van der Waals surface area (Å²) in [7, 11) is 1.54. The number of ketones is 1. The number of ether oxygens (including phenoxy) is 1. The van der Waals surface area contributed by atoms with Crippen LogP contribution in [0.15, 0.2) is 24.3 Å². The first-order valence-corrected chi connectivity index (χ1v) is 5.56. The van der Waals surface area contributed by atoms with Gasteiger partial charge in [0.15, 0.2) is 0 Å². The summed E-state index contributed by atoms with van der Waals surface area (Å²) in [5.41, 5.74) is 0.648. The Balaban J connectivity index is 2.21. The lowest BCUT2D eigenvalue weighted by atomic mass is 9.81. The average molecular weight is 240 g/mol. The maximum absolute atomic E-state index is 13.3. The van der Waals surface area contributed by atoms with Crippen molar-refractivity contribution >= 4 is 5.78 Å². The Hall–Kier alpha value is -1.45. The van der Waals surface area contributed by atoms with Gasteiger partial charge in [0.25, 0.3) is 0 Å². The topological polar surface area (TPSA) is 26.3 Å². The molecule has 0 spiro atoms. The van der Waals surface area contributed by atoms with Gasteiger partial charge in [-0.2, -0.15) is 0 Å². The van der Waals surface area contributed by atoms with Gasteiger partial charge in [-0.05, 0) is 17.7 Å². The molecule has 1 aromatic carbocycles. The van der Waals surface area contributed by atoms with Crippen LogP contribution in [0.1, 0.15) is 30.7 Å². The number of methoxy groups -OCH3 is 1. The highest BCUT2D eigenvalue weighted by Crippen LogP contribution is 2.39. The number of halogens is 2. The Morgan fingerprint density at radius 1 is 1.29 bits per heavy atom. The van der Waals surface area contributed by atoms with E-state index in [0.717, 1.165) is 0 Å². The molecule has 92 valence electrons. The van der Waals surface area contributed by atoms with Gasteiger partial charge in [-0.15, -0.1) is 0 Å². The number of hydrogen-bond acceptors (Lipinski definition) is 2. The number of hydrogen-bond donors (Lipinski definition) is 0. The molecule has 0 N–H and O–H groups in total. The van der Waals surface area contributed by atoms with Crippen molar-refractivity contribution in [3.63, 3.8) is 0 Å². The van der Waals surface area contributed by atoms with Gasteiger partial charge >= 0.3 is 0 Å². The predicted octanol–water partition coefficient (Wildman–Crippen LogP) is 3.17. The molecule has 1 atom stereocenters. The smallest absolute Gasteiger partial charge is 0.249 e. The Kier molecular flexibility index (Phi) is 3.13. The van der Waals surface area contributed by atoms with Gasteiger partial charge in [0, 0.05) is 25.2 Å². The molecule has 0 aliphatic heterocycles. The first-order chi connectivity index (χ1) is 8.02. The second-order valence-electron chi connectivity index (χ2n) is 4.35. The zero-order valence-electron chi connectivity index (χ0n) is 9.58. The molecule has 1 aliphatic carbocycles. The van der Waals surface area contributed by atoms with Crippen molar-refractivity contribution in [1.82, 2.24) is 0 Å². The van der Waals surface area contributed by atoms with E-state index in [2.05, 4.69) is 0 Å². The lowest BCUT2D eigenvalue weighted by Crippen LogP contribution is -2.31. The molecule has 0 bridgehead atoms. The third-order valence-corrected chi connectivity index (χ3v) is 3.15. The van der Waals surface area contributed by atoms with Crippen LogP contribution in [-0.2, 0) is 4.79 Å². The van der Waals surface area contributed by atoms with Gasteiger partial charge in [-0.1, -0.05) is 12.1 Å². The van der Waals surface area contributed by atoms with Crippen molar-refractivity contribution in [2.75, 3.05) is 7.11 Å². The van der Waals surface area contributed by atoms with E-state index >= 15 is 0 Å². The Morgan fingerprint density at radius 2 is 1.94 bits per heavy atom. The minimum absolute atomic E-state index is 0.0380. The number of carbonyl (C=O) groups is 1. The summed E-state index contributed by atoms with van der Waals surface area (Å²) >= 11 is 0. The second kappa shape index (κ2) is 4.43. The molecule has 1 fully saturated rings. The molecule has 0 amide bonds. The molecule has 0 heterocycles. The van der Waals surface area contributed by atoms with Crippen LogP contribution in [0.3, 0.4) is 0 Å². The number of carbonyl (C=O) groups excluding carboxylic acids is 1. The van der Waals surface area contributed by atoms with Crippen LogP contribution in [0.2, 0.25) is 0 Å². The molecular weight excluding hydrogens is 226 g/mol. The van der Waals surface area contributed by atoms with Gasteiger partial charge in [-0.25, -0.2) is 8.78 Å². The van der Waals surface area contributed by atoms with E-state index in [1.165, 1.54) is 7.11 Å². The van der Waals surface area contributed by atoms with Crippen LogP contribution in [0.4, 0.5) is 8.78 Å². The summed E-state index contributed by atoms with van der Waals surface area (Å²) in [4.78, 5) is 11.7. The van der Waals surface area contributed by atoms with Crippen LogP contribution in [0.5, 0.6) is 5.75 Å². The number of Topliss-reactive ketones (excluding diaryl/α,β-unsaturated/α-hetero) is 1. The number of rotatable bonds is 2. The van der Waals surface area contributed by atoms with Crippen molar-refractivity contribution < 1.29 is 18.3 Å². The first kappa shape index (κ1) is 12.0. The minimum Gasteiger partial charge on any atom is -0.497 e. The van der Waals surface area contributed by atoms with E-state index in [9.17, 15) is 13.6 Å². The van der Waals surface area contributed by atoms with Crippen LogP contribution in [0, 0.1) is 0 Å². The van der Waals surface area contributed by atoms with Crippen LogP contribution in [-0.4, -0.2) is 18.8 Å². The molecule has 0 aromatic heterocycles. The quantitative estimate of drug-likeness (QED) is 0.793. The van der Waals surface area contributed by atoms with Crippen molar-refractivity contribution in [3.8, 4) is 5.75 Å². The summed E-state index contributed by atoms with van der Waals surface area (Å²) < 4.78 is 31.6. The molecule has 1 aliphatic rings. The standard InChI is InChI=1S/C13H14F2O2/c1-17-10-4-2-9(3-5-10)11-8-13(14,15)7-6-12(11)16/h2-5,11H,6-8H2,1H3. The third-order valence-electron chi connectivity index (χ3n) is 3.15. The van der Waals surface area contributed by atoms with Crippen LogP contribution in [0.25, 0.3) is 0 Å². The van der Waals surface area contributed by atoms with E-state index in [1.807, 2.05) is 0 Å². The van der Waals surface area contributed by atoms with E-state index in [-0.39, 0.29) is 25.0 Å². The maximum Gasteiger partial charge on any atom is 0.249 e. The molecular formula is C13H14F2O2. The summed E-state index contributed by atoms with van der Waals surface area (Å²) in [6.45, 7) is 0. The zero-order chi connectivity index (χ0) is 12.5. The highest BCUT2D eigenvalue weighted by Gasteiger charge is 2.41. The molecule has 0 saturated heterocycles. The maximum atomic E-state index is 13.3. The van der Waals surface area contributed by atoms with Gasteiger partial charge in [0.05, 0.1) is 7.11 Å². The molecule has 2 rings (SSSR count). The molecule has 2 nitrogen and oxygen atoms in total. The minimum atomic E-state index is -2.72. The zero-order valence-corrected chi connectivity index (χ0v) is 9.58. The lowest BCUT2D eigenvalue weighted by Gasteiger charge is -2.28. The molecule has 17 heavy (non-hydrogen) atoms. The number of benzene rings is 1. The van der Waals surface area contributed by atoms with E-state index in [4.69, 9.17) is 4.74 Å². The first-order valence-electron chi connectivity index (χ1n) is 5.56. The molecule has 1 unspecified atom stereocenters. The Morgan fingerprint density at radius 3 is 2.53 bits per heavy atom. The molecule has 0 radical (unpaired) electrons. The van der Waals surface area contributed by atoms with Crippen molar-refractivity contribution in [3.05, 3.63) is 29.8 Å². The van der Waals surface area contributed by atoms with Crippen molar-refractivity contribution in [2.24, 2.45) is 0 Å². The SMILES string of the molecule is COc1ccc(C2CC(F)(F)CCC2=O)cc1. The van der Waals surface area contributed by atoms with Crippen molar-refractivity contribution in [1.29, 1.82) is 0 Å². The fourth-order valence-electron chi connectivity index (χ4n) is 2.13. The number of alkyl halides is 2. The Bertz CT molecular complexity index is 412. The van der Waals surface area contributed by atoms with Gasteiger partial charge < -0.3 is 4.74 Å². The summed E-state index contributed by atoms with van der Waals surface area (Å²) in [6, 6.07) is 6.75. The summed E-state index contributed by atoms with van der Waals surface area (Å²) in [5, 5.41) is 0. The molecule has 4 heteroatoms. The summed E-state index contributed by atoms with van der Waals surface area (Å²) in [6.07, 6.45) is -0.736. The van der Waals surface area contributed by atoms with E-state index in [1.54, 1.807) is 24.3 Å². The third kappa shape index (κ3) is 2.62. The van der Waals surface area contributed by atoms with E-state index < -0.39 is 11.8 Å². The summed E-state index contributed by atoms with van der Waals surface area (Å²) in [5.74, 6) is -2.84. The fourth-order valence-corrected chi connectivity index (χ4v) is 2.13. The Labute approximate surface area is 98.6 Å².